The number of hydrogen-bond donors (Lipinski definition) is 0. The molecule has 0 unspecified atom stereocenters. The fourth-order valence-electron chi connectivity index (χ4n) is 0.983. The van der Waals surface area contributed by atoms with Crippen molar-refractivity contribution in [3.05, 3.63) is 29.3 Å². The van der Waals surface area contributed by atoms with E-state index in [1.54, 1.807) is 6.20 Å². The molecule has 4 heteroatoms. The predicted octanol–water partition coefficient (Wildman–Crippen LogP) is 1.99. The molecule has 60 valence electrons. The van der Waals surface area contributed by atoms with E-state index < -0.39 is 0 Å². The normalized spacial score (nSPS) is 10.5. The summed E-state index contributed by atoms with van der Waals surface area (Å²) >= 11 is 5.61. The first-order valence-electron chi connectivity index (χ1n) is 3.51. The van der Waals surface area contributed by atoms with Crippen molar-refractivity contribution < 1.29 is 0 Å². The lowest BCUT2D eigenvalue weighted by Crippen LogP contribution is -1.88. The van der Waals surface area contributed by atoms with Gasteiger partial charge in [0.15, 0.2) is 5.65 Å². The maximum absolute atomic E-state index is 5.61. The van der Waals surface area contributed by atoms with Gasteiger partial charge in [0.05, 0.1) is 0 Å². The van der Waals surface area contributed by atoms with Gasteiger partial charge in [0.25, 0.3) is 0 Å². The number of aryl methyl sites for hydroxylation is 1. The molecule has 0 amide bonds. The molecule has 0 fully saturated rings. The Bertz CT molecular complexity index is 391. The van der Waals surface area contributed by atoms with Crippen molar-refractivity contribution in [3.8, 4) is 0 Å². The molecule has 0 saturated carbocycles. The summed E-state index contributed by atoms with van der Waals surface area (Å²) in [4.78, 5) is 12.0. The Morgan fingerprint density at radius 2 is 2.08 bits per heavy atom. The first kappa shape index (κ1) is 7.43. The fraction of sp³-hybridized carbons (Fsp3) is 0.125. The summed E-state index contributed by atoms with van der Waals surface area (Å²) in [5, 5.41) is 1.14. The maximum atomic E-state index is 5.61. The highest BCUT2D eigenvalue weighted by molar-refractivity contribution is 6.28. The Kier molecular flexibility index (Phi) is 1.66. The minimum atomic E-state index is 0.237. The van der Waals surface area contributed by atoms with Crippen LogP contribution in [0.15, 0.2) is 18.3 Å². The zero-order valence-electron chi connectivity index (χ0n) is 6.45. The SMILES string of the molecule is Cc1ccc2cnc(Cl)nc2n1. The molecule has 2 aromatic rings. The van der Waals surface area contributed by atoms with Crippen LogP contribution in [0.3, 0.4) is 0 Å². The van der Waals surface area contributed by atoms with Crippen molar-refractivity contribution in [3.63, 3.8) is 0 Å². The molecule has 0 saturated heterocycles. The predicted molar refractivity (Wildman–Crippen MR) is 47.1 cm³/mol. The second kappa shape index (κ2) is 2.68. The Hall–Kier alpha value is -1.22. The molecule has 0 aliphatic heterocycles. The van der Waals surface area contributed by atoms with E-state index in [0.717, 1.165) is 11.1 Å². The number of fused-ring (bicyclic) bond motifs is 1. The third-order valence-electron chi connectivity index (χ3n) is 1.55. The number of halogens is 1. The summed E-state index contributed by atoms with van der Waals surface area (Å²) in [6.45, 7) is 1.91. The van der Waals surface area contributed by atoms with Gasteiger partial charge >= 0.3 is 0 Å². The van der Waals surface area contributed by atoms with Crippen LogP contribution in [0, 0.1) is 6.92 Å². The van der Waals surface area contributed by atoms with Crippen LogP contribution in [0.1, 0.15) is 5.69 Å². The molecule has 0 atom stereocenters. The van der Waals surface area contributed by atoms with E-state index in [9.17, 15) is 0 Å². The molecule has 3 nitrogen and oxygen atoms in total. The van der Waals surface area contributed by atoms with Gasteiger partial charge < -0.3 is 0 Å². The molecule has 0 radical (unpaired) electrons. The second-order valence-electron chi connectivity index (χ2n) is 2.50. The van der Waals surface area contributed by atoms with E-state index in [1.807, 2.05) is 19.1 Å². The number of pyridine rings is 1. The minimum absolute atomic E-state index is 0.237. The minimum Gasteiger partial charge on any atom is -0.233 e. The van der Waals surface area contributed by atoms with Crippen LogP contribution in [0.2, 0.25) is 5.28 Å². The molecule has 0 spiro atoms. The fourth-order valence-corrected chi connectivity index (χ4v) is 1.11. The highest BCUT2D eigenvalue weighted by Gasteiger charge is 1.97. The lowest BCUT2D eigenvalue weighted by atomic mass is 10.3. The van der Waals surface area contributed by atoms with Gasteiger partial charge in [-0.3, -0.25) is 0 Å². The van der Waals surface area contributed by atoms with Crippen LogP contribution in [0.25, 0.3) is 11.0 Å². The van der Waals surface area contributed by atoms with E-state index in [4.69, 9.17) is 11.6 Å². The smallest absolute Gasteiger partial charge is 0.224 e. The van der Waals surface area contributed by atoms with Crippen molar-refractivity contribution in [1.82, 2.24) is 15.0 Å². The van der Waals surface area contributed by atoms with Crippen LogP contribution in [-0.4, -0.2) is 15.0 Å². The van der Waals surface area contributed by atoms with Gasteiger partial charge in [0, 0.05) is 17.3 Å². The van der Waals surface area contributed by atoms with Crippen molar-refractivity contribution >= 4 is 22.6 Å². The van der Waals surface area contributed by atoms with E-state index in [0.29, 0.717) is 5.65 Å². The van der Waals surface area contributed by atoms with Gasteiger partial charge in [-0.25, -0.2) is 9.97 Å². The van der Waals surface area contributed by atoms with Crippen LogP contribution >= 0.6 is 11.6 Å². The summed E-state index contributed by atoms with van der Waals surface area (Å²) in [6, 6.07) is 3.84. The monoisotopic (exact) mass is 179 g/mol. The molecule has 12 heavy (non-hydrogen) atoms. The highest BCUT2D eigenvalue weighted by atomic mass is 35.5. The van der Waals surface area contributed by atoms with E-state index >= 15 is 0 Å². The van der Waals surface area contributed by atoms with Crippen molar-refractivity contribution in [2.24, 2.45) is 0 Å². The summed E-state index contributed by atoms with van der Waals surface area (Å²) in [6.07, 6.45) is 1.66. The molecule has 2 heterocycles. The average Bonchev–Trinajstić information content (AvgIpc) is 2.03. The molecule has 2 rings (SSSR count). The third kappa shape index (κ3) is 1.23. The summed E-state index contributed by atoms with van der Waals surface area (Å²) in [5.41, 5.74) is 1.58. The number of aromatic nitrogens is 3. The van der Waals surface area contributed by atoms with Gasteiger partial charge in [-0.1, -0.05) is 0 Å². The highest BCUT2D eigenvalue weighted by Crippen LogP contribution is 2.10. The maximum Gasteiger partial charge on any atom is 0.224 e. The Balaban J connectivity index is 2.80. The number of rotatable bonds is 0. The number of nitrogens with zero attached hydrogens (tertiary/aromatic N) is 3. The topological polar surface area (TPSA) is 38.7 Å². The van der Waals surface area contributed by atoms with E-state index in [1.165, 1.54) is 0 Å². The molecule has 2 aromatic heterocycles. The quantitative estimate of drug-likeness (QED) is 0.581. The van der Waals surface area contributed by atoms with Crippen molar-refractivity contribution in [2.75, 3.05) is 0 Å². The van der Waals surface area contributed by atoms with Crippen LogP contribution in [0.4, 0.5) is 0 Å². The lowest BCUT2D eigenvalue weighted by molar-refractivity contribution is 1.15. The van der Waals surface area contributed by atoms with Gasteiger partial charge in [-0.2, -0.15) is 4.98 Å². The molecular formula is C8H6ClN3. The summed E-state index contributed by atoms with van der Waals surface area (Å²) < 4.78 is 0. The van der Waals surface area contributed by atoms with Gasteiger partial charge in [0.2, 0.25) is 5.28 Å². The van der Waals surface area contributed by atoms with Crippen molar-refractivity contribution in [2.45, 2.75) is 6.92 Å². The van der Waals surface area contributed by atoms with Crippen LogP contribution in [0.5, 0.6) is 0 Å². The Labute approximate surface area is 74.4 Å². The van der Waals surface area contributed by atoms with Crippen LogP contribution < -0.4 is 0 Å². The van der Waals surface area contributed by atoms with E-state index in [2.05, 4.69) is 15.0 Å². The molecule has 0 aliphatic rings. The second-order valence-corrected chi connectivity index (χ2v) is 2.84. The van der Waals surface area contributed by atoms with Crippen molar-refractivity contribution in [1.29, 1.82) is 0 Å². The lowest BCUT2D eigenvalue weighted by Gasteiger charge is -1.96. The van der Waals surface area contributed by atoms with Gasteiger partial charge in [0.1, 0.15) is 0 Å². The zero-order chi connectivity index (χ0) is 8.55. The molecule has 0 bridgehead atoms. The van der Waals surface area contributed by atoms with Gasteiger partial charge in [-0.05, 0) is 30.7 Å². The summed E-state index contributed by atoms with van der Waals surface area (Å²) in [5.74, 6) is 0. The Morgan fingerprint density at radius 3 is 2.92 bits per heavy atom. The number of hydrogen-bond acceptors (Lipinski definition) is 3. The first-order chi connectivity index (χ1) is 5.75. The zero-order valence-corrected chi connectivity index (χ0v) is 7.21. The molecule has 0 aromatic carbocycles. The Morgan fingerprint density at radius 1 is 1.25 bits per heavy atom. The van der Waals surface area contributed by atoms with E-state index in [-0.39, 0.29) is 5.28 Å². The largest absolute Gasteiger partial charge is 0.233 e. The first-order valence-corrected chi connectivity index (χ1v) is 3.89. The van der Waals surface area contributed by atoms with Crippen LogP contribution in [-0.2, 0) is 0 Å². The third-order valence-corrected chi connectivity index (χ3v) is 1.73. The standard InChI is InChI=1S/C8H6ClN3/c1-5-2-3-6-4-10-8(9)12-7(6)11-5/h2-4H,1H3. The summed E-state index contributed by atoms with van der Waals surface area (Å²) in [7, 11) is 0. The molecule has 0 aliphatic carbocycles. The molecular weight excluding hydrogens is 174 g/mol. The van der Waals surface area contributed by atoms with Gasteiger partial charge in [-0.15, -0.1) is 0 Å². The molecule has 0 N–H and O–H groups in total. The average molecular weight is 180 g/mol.